The summed E-state index contributed by atoms with van der Waals surface area (Å²) in [6, 6.07) is 15.7. The second kappa shape index (κ2) is 8.09. The zero-order chi connectivity index (χ0) is 19.4. The monoisotopic (exact) mass is 381 g/mol. The Morgan fingerprint density at radius 1 is 1.15 bits per heavy atom. The SMILES string of the molecule is CCc1sc(=NC(=O)c2cccc([N+](=O)[O-])c2)n(CC)c1-c1ccccc1. The molecule has 0 unspecified atom stereocenters. The number of benzene rings is 2. The lowest BCUT2D eigenvalue weighted by Gasteiger charge is -2.08. The smallest absolute Gasteiger partial charge is 0.279 e. The molecule has 1 amide bonds. The maximum atomic E-state index is 12.6. The second-order valence-corrected chi connectivity index (χ2v) is 6.91. The Kier molecular flexibility index (Phi) is 5.61. The summed E-state index contributed by atoms with van der Waals surface area (Å²) in [4.78, 5) is 29.1. The van der Waals surface area contributed by atoms with E-state index in [1.807, 2.05) is 41.8 Å². The Bertz CT molecular complexity index is 1050. The molecular weight excluding hydrogens is 362 g/mol. The molecule has 3 aromatic rings. The number of rotatable bonds is 5. The topological polar surface area (TPSA) is 77.5 Å². The van der Waals surface area contributed by atoms with Crippen molar-refractivity contribution in [3.05, 3.63) is 80.0 Å². The molecule has 7 heteroatoms. The van der Waals surface area contributed by atoms with E-state index in [0.717, 1.165) is 22.6 Å². The number of hydrogen-bond acceptors (Lipinski definition) is 4. The van der Waals surface area contributed by atoms with Crippen LogP contribution in [0.5, 0.6) is 0 Å². The number of aromatic nitrogens is 1. The third-order valence-corrected chi connectivity index (χ3v) is 5.39. The standard InChI is InChI=1S/C20H19N3O3S/c1-3-17-18(14-9-6-5-7-10-14)22(4-2)20(27-17)21-19(24)15-11-8-12-16(13-15)23(25)26/h5-13H,3-4H2,1-2H3. The number of nitro benzene ring substituents is 1. The molecule has 0 aliphatic rings. The maximum absolute atomic E-state index is 12.6. The van der Waals surface area contributed by atoms with Crippen LogP contribution in [0.15, 0.2) is 59.6 Å². The molecule has 0 aliphatic heterocycles. The summed E-state index contributed by atoms with van der Waals surface area (Å²) in [5.41, 5.74) is 2.23. The minimum Gasteiger partial charge on any atom is -0.316 e. The van der Waals surface area contributed by atoms with Gasteiger partial charge in [0, 0.05) is 29.1 Å². The van der Waals surface area contributed by atoms with Crippen molar-refractivity contribution >= 4 is 22.9 Å². The summed E-state index contributed by atoms with van der Waals surface area (Å²) in [5.74, 6) is -0.482. The van der Waals surface area contributed by atoms with E-state index in [1.54, 1.807) is 6.07 Å². The molecule has 0 spiro atoms. The van der Waals surface area contributed by atoms with Crippen molar-refractivity contribution in [2.45, 2.75) is 26.8 Å². The number of amides is 1. The van der Waals surface area contributed by atoms with Gasteiger partial charge in [0.2, 0.25) is 0 Å². The third-order valence-electron chi connectivity index (χ3n) is 4.17. The molecule has 27 heavy (non-hydrogen) atoms. The van der Waals surface area contributed by atoms with E-state index in [9.17, 15) is 14.9 Å². The van der Waals surface area contributed by atoms with Crippen molar-refractivity contribution in [3.63, 3.8) is 0 Å². The van der Waals surface area contributed by atoms with Gasteiger partial charge < -0.3 is 4.57 Å². The molecule has 0 saturated heterocycles. The predicted octanol–water partition coefficient (Wildman–Crippen LogP) is 4.45. The lowest BCUT2D eigenvalue weighted by Crippen LogP contribution is -2.17. The molecule has 138 valence electrons. The number of nitrogens with zero attached hydrogens (tertiary/aromatic N) is 3. The van der Waals surface area contributed by atoms with E-state index in [0.29, 0.717) is 11.3 Å². The van der Waals surface area contributed by atoms with Crippen molar-refractivity contribution < 1.29 is 9.72 Å². The van der Waals surface area contributed by atoms with Crippen LogP contribution < -0.4 is 4.80 Å². The number of thiazole rings is 1. The first-order valence-corrected chi connectivity index (χ1v) is 9.48. The Morgan fingerprint density at radius 2 is 1.89 bits per heavy atom. The first-order valence-electron chi connectivity index (χ1n) is 8.66. The van der Waals surface area contributed by atoms with Crippen molar-refractivity contribution in [1.82, 2.24) is 4.57 Å². The van der Waals surface area contributed by atoms with Crippen LogP contribution in [-0.2, 0) is 13.0 Å². The van der Waals surface area contributed by atoms with E-state index in [2.05, 4.69) is 11.9 Å². The first kappa shape index (κ1) is 18.7. The Morgan fingerprint density at radius 3 is 2.52 bits per heavy atom. The number of aryl methyl sites for hydroxylation is 1. The molecule has 0 N–H and O–H groups in total. The number of carbonyl (C=O) groups is 1. The fourth-order valence-electron chi connectivity index (χ4n) is 2.89. The molecule has 1 heterocycles. The van der Waals surface area contributed by atoms with Crippen molar-refractivity contribution in [2.24, 2.45) is 4.99 Å². The predicted molar refractivity (Wildman–Crippen MR) is 106 cm³/mol. The summed E-state index contributed by atoms with van der Waals surface area (Å²) in [6.45, 7) is 4.75. The first-order chi connectivity index (χ1) is 13.0. The van der Waals surface area contributed by atoms with Gasteiger partial charge in [-0.25, -0.2) is 0 Å². The molecule has 0 bridgehead atoms. The van der Waals surface area contributed by atoms with Crippen molar-refractivity contribution in [3.8, 4) is 11.3 Å². The summed E-state index contributed by atoms with van der Waals surface area (Å²) >= 11 is 1.48. The largest absolute Gasteiger partial charge is 0.316 e. The molecule has 0 radical (unpaired) electrons. The Labute approximate surface area is 160 Å². The number of nitro groups is 1. The quantitative estimate of drug-likeness (QED) is 0.484. The van der Waals surface area contributed by atoms with E-state index in [-0.39, 0.29) is 11.3 Å². The molecule has 6 nitrogen and oxygen atoms in total. The van der Waals surface area contributed by atoms with Gasteiger partial charge in [-0.3, -0.25) is 14.9 Å². The van der Waals surface area contributed by atoms with Gasteiger partial charge in [-0.15, -0.1) is 11.3 Å². The molecule has 1 aromatic heterocycles. The van der Waals surface area contributed by atoms with Gasteiger partial charge in [-0.1, -0.05) is 43.3 Å². The second-order valence-electron chi connectivity index (χ2n) is 5.84. The minimum absolute atomic E-state index is 0.121. The van der Waals surface area contributed by atoms with Crippen LogP contribution in [0.4, 0.5) is 5.69 Å². The number of carbonyl (C=O) groups excluding carboxylic acids is 1. The van der Waals surface area contributed by atoms with E-state index < -0.39 is 10.8 Å². The van der Waals surface area contributed by atoms with E-state index >= 15 is 0 Å². The van der Waals surface area contributed by atoms with Gasteiger partial charge in [-0.05, 0) is 25.0 Å². The van der Waals surface area contributed by atoms with Crippen molar-refractivity contribution in [1.29, 1.82) is 0 Å². The molecule has 3 rings (SSSR count). The van der Waals surface area contributed by atoms with Gasteiger partial charge in [0.25, 0.3) is 11.6 Å². The van der Waals surface area contributed by atoms with Crippen LogP contribution in [0.25, 0.3) is 11.3 Å². The lowest BCUT2D eigenvalue weighted by molar-refractivity contribution is -0.384. The molecule has 0 fully saturated rings. The lowest BCUT2D eigenvalue weighted by atomic mass is 10.1. The average molecular weight is 381 g/mol. The van der Waals surface area contributed by atoms with Gasteiger partial charge >= 0.3 is 0 Å². The molecule has 0 aliphatic carbocycles. The highest BCUT2D eigenvalue weighted by Crippen LogP contribution is 2.26. The Hall–Kier alpha value is -3.06. The maximum Gasteiger partial charge on any atom is 0.279 e. The highest BCUT2D eigenvalue weighted by atomic mass is 32.1. The van der Waals surface area contributed by atoms with Crippen LogP contribution in [0, 0.1) is 10.1 Å². The zero-order valence-electron chi connectivity index (χ0n) is 15.1. The van der Waals surface area contributed by atoms with Crippen LogP contribution in [0.1, 0.15) is 29.1 Å². The number of non-ortho nitro benzene ring substituents is 1. The Balaban J connectivity index is 2.11. The zero-order valence-corrected chi connectivity index (χ0v) is 15.9. The van der Waals surface area contributed by atoms with Crippen LogP contribution in [0.2, 0.25) is 0 Å². The third kappa shape index (κ3) is 3.88. The van der Waals surface area contributed by atoms with Gasteiger partial charge in [0.1, 0.15) is 0 Å². The fraction of sp³-hybridized carbons (Fsp3) is 0.200. The molecule has 0 saturated carbocycles. The number of hydrogen-bond donors (Lipinski definition) is 0. The van der Waals surface area contributed by atoms with Gasteiger partial charge in [-0.2, -0.15) is 4.99 Å². The van der Waals surface area contributed by atoms with Crippen LogP contribution in [-0.4, -0.2) is 15.4 Å². The van der Waals surface area contributed by atoms with Crippen molar-refractivity contribution in [2.75, 3.05) is 0 Å². The summed E-state index contributed by atoms with van der Waals surface area (Å²) < 4.78 is 2.02. The van der Waals surface area contributed by atoms with Crippen LogP contribution in [0.3, 0.4) is 0 Å². The van der Waals surface area contributed by atoms with Crippen LogP contribution >= 0.6 is 11.3 Å². The molecule has 2 aromatic carbocycles. The highest BCUT2D eigenvalue weighted by molar-refractivity contribution is 7.09. The molecule has 0 atom stereocenters. The fourth-order valence-corrected chi connectivity index (χ4v) is 4.04. The van der Waals surface area contributed by atoms with Gasteiger partial charge in [0.05, 0.1) is 10.6 Å². The summed E-state index contributed by atoms with van der Waals surface area (Å²) in [7, 11) is 0. The van der Waals surface area contributed by atoms with Gasteiger partial charge in [0.15, 0.2) is 4.80 Å². The van der Waals surface area contributed by atoms with E-state index in [4.69, 9.17) is 0 Å². The summed E-state index contributed by atoms with van der Waals surface area (Å²) in [5, 5.41) is 10.9. The normalized spacial score (nSPS) is 11.6. The average Bonchev–Trinajstić information content (AvgIpc) is 3.05. The highest BCUT2D eigenvalue weighted by Gasteiger charge is 2.15. The molecular formula is C20H19N3O3S. The minimum atomic E-state index is -0.517. The summed E-state index contributed by atoms with van der Waals surface area (Å²) in [6.07, 6.45) is 0.829. The van der Waals surface area contributed by atoms with E-state index in [1.165, 1.54) is 29.5 Å².